The summed E-state index contributed by atoms with van der Waals surface area (Å²) in [6.45, 7) is 6.63. The Balaban J connectivity index is 1.42. The molecule has 1 heterocycles. The van der Waals surface area contributed by atoms with E-state index in [1.54, 1.807) is 36.4 Å². The predicted molar refractivity (Wildman–Crippen MR) is 161 cm³/mol. The molecule has 1 aliphatic rings. The molecule has 1 saturated heterocycles. The van der Waals surface area contributed by atoms with Gasteiger partial charge in [-0.25, -0.2) is 0 Å². The maximum atomic E-state index is 13.0. The van der Waals surface area contributed by atoms with E-state index in [0.29, 0.717) is 15.6 Å². The number of aryl methyl sites for hydroxylation is 1. The highest BCUT2D eigenvalue weighted by Gasteiger charge is 2.35. The topological polar surface area (TPSA) is 55.8 Å². The molecular weight excluding hydrogens is 600 g/mol. The monoisotopic (exact) mass is 623 g/mol. The summed E-state index contributed by atoms with van der Waals surface area (Å²) in [5, 5.41) is 1.13. The van der Waals surface area contributed by atoms with E-state index in [4.69, 9.17) is 55.9 Å². The molecule has 4 rings (SSSR count). The van der Waals surface area contributed by atoms with Crippen molar-refractivity contribution in [2.24, 2.45) is 0 Å². The number of carbonyl (C=O) groups is 2. The number of amides is 2. The summed E-state index contributed by atoms with van der Waals surface area (Å²) in [6.07, 6.45) is 1.58. The third-order valence-electron chi connectivity index (χ3n) is 5.94. The number of carbonyl (C=O) groups excluding carboxylic acids is 2. The molecule has 0 spiro atoms. The van der Waals surface area contributed by atoms with Gasteiger partial charge in [0.1, 0.15) is 19.0 Å². The fourth-order valence-corrected chi connectivity index (χ4v) is 5.87. The summed E-state index contributed by atoms with van der Waals surface area (Å²) in [5.74, 6) is 0.930. The second-order valence-corrected chi connectivity index (χ2v) is 11.9. The highest BCUT2D eigenvalue weighted by molar-refractivity contribution is 8.18. The summed E-state index contributed by atoms with van der Waals surface area (Å²) < 4.78 is 11.8. The summed E-state index contributed by atoms with van der Waals surface area (Å²) in [5.41, 5.74) is 3.43. The first-order valence-electron chi connectivity index (χ1n) is 12.1. The van der Waals surface area contributed by atoms with Gasteiger partial charge in [0.05, 0.1) is 21.5 Å². The lowest BCUT2D eigenvalue weighted by molar-refractivity contribution is -0.123. The lowest BCUT2D eigenvalue weighted by atomic mass is 10.0. The molecular formula is C29H25Cl4NO4S. The van der Waals surface area contributed by atoms with Crippen LogP contribution in [0.4, 0.5) is 4.79 Å². The molecule has 0 N–H and O–H groups in total. The van der Waals surface area contributed by atoms with Gasteiger partial charge in [-0.3, -0.25) is 14.5 Å². The van der Waals surface area contributed by atoms with Gasteiger partial charge in [0.2, 0.25) is 0 Å². The minimum atomic E-state index is -0.396. The van der Waals surface area contributed by atoms with Crippen LogP contribution in [0.15, 0.2) is 53.4 Å². The summed E-state index contributed by atoms with van der Waals surface area (Å²) in [4.78, 5) is 27.0. The average molecular weight is 625 g/mol. The Labute approximate surface area is 252 Å². The zero-order chi connectivity index (χ0) is 28.3. The van der Waals surface area contributed by atoms with Crippen LogP contribution >= 0.6 is 58.2 Å². The molecule has 1 fully saturated rings. The fraction of sp³-hybridized carbons (Fsp3) is 0.241. The molecule has 10 heteroatoms. The van der Waals surface area contributed by atoms with Gasteiger partial charge >= 0.3 is 0 Å². The Morgan fingerprint density at radius 2 is 1.64 bits per heavy atom. The molecule has 204 valence electrons. The third kappa shape index (κ3) is 7.24. The van der Waals surface area contributed by atoms with Gasteiger partial charge in [-0.15, -0.1) is 0 Å². The van der Waals surface area contributed by atoms with E-state index < -0.39 is 5.91 Å². The van der Waals surface area contributed by atoms with Crippen molar-refractivity contribution in [2.75, 3.05) is 13.2 Å². The van der Waals surface area contributed by atoms with E-state index in [-0.39, 0.29) is 51.6 Å². The minimum Gasteiger partial charge on any atom is -0.491 e. The summed E-state index contributed by atoms with van der Waals surface area (Å²) in [6, 6.07) is 14.4. The molecule has 5 nitrogen and oxygen atoms in total. The van der Waals surface area contributed by atoms with E-state index in [1.165, 1.54) is 4.90 Å². The number of ether oxygens (including phenoxy) is 2. The molecule has 0 aliphatic carbocycles. The smallest absolute Gasteiger partial charge is 0.293 e. The lowest BCUT2D eigenvalue weighted by Gasteiger charge is -2.17. The molecule has 3 aromatic rings. The predicted octanol–water partition coefficient (Wildman–Crippen LogP) is 9.43. The van der Waals surface area contributed by atoms with Crippen LogP contribution in [0.25, 0.3) is 6.08 Å². The number of benzene rings is 3. The molecule has 2 amide bonds. The van der Waals surface area contributed by atoms with Crippen LogP contribution in [-0.4, -0.2) is 29.2 Å². The highest BCUT2D eigenvalue weighted by Crippen LogP contribution is 2.38. The van der Waals surface area contributed by atoms with Crippen LogP contribution in [0.2, 0.25) is 20.1 Å². The number of hydrogen-bond donors (Lipinski definition) is 0. The zero-order valence-corrected chi connectivity index (χ0v) is 25.2. The SMILES string of the molecule is Cc1ccc(C(C)C)c(OCCN2C(=O)S/C(=C\c3cc(Cl)c(OCc4ccc(Cl)cc4Cl)c(Cl)c3)C2=O)c1. The summed E-state index contributed by atoms with van der Waals surface area (Å²) >= 11 is 25.9. The second-order valence-electron chi connectivity index (χ2n) is 9.22. The molecule has 39 heavy (non-hydrogen) atoms. The molecule has 0 saturated carbocycles. The van der Waals surface area contributed by atoms with Crippen molar-refractivity contribution in [3.63, 3.8) is 0 Å². The zero-order valence-electron chi connectivity index (χ0n) is 21.4. The van der Waals surface area contributed by atoms with Crippen LogP contribution < -0.4 is 9.47 Å². The second kappa shape index (κ2) is 12.9. The van der Waals surface area contributed by atoms with Crippen molar-refractivity contribution in [3.05, 3.63) is 95.8 Å². The number of rotatable bonds is 9. The van der Waals surface area contributed by atoms with Crippen LogP contribution in [0, 0.1) is 6.92 Å². The quantitative estimate of drug-likeness (QED) is 0.222. The Morgan fingerprint density at radius 3 is 2.31 bits per heavy atom. The van der Waals surface area contributed by atoms with Gasteiger partial charge < -0.3 is 9.47 Å². The normalized spacial score (nSPS) is 14.6. The Bertz CT molecular complexity index is 1430. The van der Waals surface area contributed by atoms with Crippen molar-refractivity contribution < 1.29 is 19.1 Å². The maximum Gasteiger partial charge on any atom is 0.293 e. The van der Waals surface area contributed by atoms with Gasteiger partial charge in [-0.2, -0.15) is 0 Å². The molecule has 1 aliphatic heterocycles. The van der Waals surface area contributed by atoms with Crippen LogP contribution in [-0.2, 0) is 11.4 Å². The molecule has 0 unspecified atom stereocenters. The fourth-order valence-electron chi connectivity index (χ4n) is 3.92. The number of hydrogen-bond acceptors (Lipinski definition) is 5. The first kappa shape index (κ1) is 29.6. The summed E-state index contributed by atoms with van der Waals surface area (Å²) in [7, 11) is 0. The van der Waals surface area contributed by atoms with E-state index in [0.717, 1.165) is 34.2 Å². The van der Waals surface area contributed by atoms with E-state index in [1.807, 2.05) is 25.1 Å². The van der Waals surface area contributed by atoms with Crippen molar-refractivity contribution in [1.29, 1.82) is 0 Å². The molecule has 3 aromatic carbocycles. The number of halogens is 4. The first-order chi connectivity index (χ1) is 18.5. The Hall–Kier alpha value is -2.35. The number of imide groups is 1. The van der Waals surface area contributed by atoms with Crippen molar-refractivity contribution in [3.8, 4) is 11.5 Å². The largest absolute Gasteiger partial charge is 0.491 e. The van der Waals surface area contributed by atoms with Gasteiger partial charge in [0.25, 0.3) is 11.1 Å². The van der Waals surface area contributed by atoms with E-state index >= 15 is 0 Å². The number of nitrogens with zero attached hydrogens (tertiary/aromatic N) is 1. The number of thioether (sulfide) groups is 1. The Kier molecular flexibility index (Phi) is 9.78. The van der Waals surface area contributed by atoms with Crippen molar-refractivity contribution in [1.82, 2.24) is 4.90 Å². The molecule has 0 radical (unpaired) electrons. The van der Waals surface area contributed by atoms with Crippen LogP contribution in [0.1, 0.15) is 42.0 Å². The minimum absolute atomic E-state index is 0.134. The van der Waals surface area contributed by atoms with Gasteiger partial charge in [0.15, 0.2) is 5.75 Å². The molecule has 0 bridgehead atoms. The highest BCUT2D eigenvalue weighted by atomic mass is 35.5. The molecule has 0 aromatic heterocycles. The maximum absolute atomic E-state index is 13.0. The van der Waals surface area contributed by atoms with E-state index in [9.17, 15) is 9.59 Å². The van der Waals surface area contributed by atoms with Crippen molar-refractivity contribution in [2.45, 2.75) is 33.3 Å². The standard InChI is InChI=1S/C29H25Cl4NO4S/c1-16(2)21-7-4-17(3)10-25(21)37-9-8-34-28(35)26(39-29(34)36)13-18-11-23(32)27(24(33)12-18)38-15-19-5-6-20(30)14-22(19)31/h4-7,10-14,16H,8-9,15H2,1-3H3/b26-13-. The van der Waals surface area contributed by atoms with Gasteiger partial charge in [-0.1, -0.05) is 78.5 Å². The van der Waals surface area contributed by atoms with E-state index in [2.05, 4.69) is 13.8 Å². The van der Waals surface area contributed by atoms with Crippen molar-refractivity contribution >= 4 is 75.4 Å². The lowest BCUT2D eigenvalue weighted by Crippen LogP contribution is -2.32. The molecule has 0 atom stereocenters. The van der Waals surface area contributed by atoms with Crippen LogP contribution in [0.5, 0.6) is 11.5 Å². The van der Waals surface area contributed by atoms with Gasteiger partial charge in [0, 0.05) is 15.6 Å². The Morgan fingerprint density at radius 1 is 0.923 bits per heavy atom. The van der Waals surface area contributed by atoms with Crippen LogP contribution in [0.3, 0.4) is 0 Å². The van der Waals surface area contributed by atoms with Gasteiger partial charge in [-0.05, 0) is 77.7 Å². The third-order valence-corrected chi connectivity index (χ3v) is 8.00. The average Bonchev–Trinajstić information content (AvgIpc) is 3.11. The first-order valence-corrected chi connectivity index (χ1v) is 14.4.